The Bertz CT molecular complexity index is 1480. The predicted molar refractivity (Wildman–Crippen MR) is 146 cm³/mol. The summed E-state index contributed by atoms with van der Waals surface area (Å²) in [6, 6.07) is 7.86. The number of β-lactam (4-membered cyclic amide) rings is 1. The van der Waals surface area contributed by atoms with E-state index in [4.69, 9.17) is 5.73 Å². The van der Waals surface area contributed by atoms with Crippen molar-refractivity contribution in [3.8, 4) is 0 Å². The number of hydrogen-bond acceptors (Lipinski definition) is 7. The molecule has 3 aliphatic heterocycles. The molecule has 0 spiro atoms. The molecule has 2 unspecified atom stereocenters. The van der Waals surface area contributed by atoms with E-state index in [-0.39, 0.29) is 24.5 Å². The molecule has 1 aromatic carbocycles. The predicted octanol–water partition coefficient (Wildman–Crippen LogP) is -1.21. The Balaban J connectivity index is 1.30. The minimum Gasteiger partial charge on any atom is -0.477 e. The molecule has 7 amide bonds. The molecule has 7 N–H and O–H groups in total. The van der Waals surface area contributed by atoms with Crippen LogP contribution in [-0.2, 0) is 20.9 Å². The van der Waals surface area contributed by atoms with Crippen molar-refractivity contribution in [2.75, 3.05) is 18.8 Å². The summed E-state index contributed by atoms with van der Waals surface area (Å²) in [6.07, 6.45) is 3.18. The van der Waals surface area contributed by atoms with Gasteiger partial charge in [-0.05, 0) is 5.56 Å². The van der Waals surface area contributed by atoms with Crippen LogP contribution < -0.4 is 31.7 Å². The molecular weight excluding hydrogens is 568 g/mol. The number of urea groups is 2. The Hall–Kier alpha value is -5.12. The van der Waals surface area contributed by atoms with Crippen molar-refractivity contribution in [1.82, 2.24) is 31.3 Å². The number of aromatic nitrogens is 1. The summed E-state index contributed by atoms with van der Waals surface area (Å²) in [4.78, 5) is 75.8. The van der Waals surface area contributed by atoms with Gasteiger partial charge in [-0.15, -0.1) is 11.8 Å². The fourth-order valence-corrected chi connectivity index (χ4v) is 6.13. The highest BCUT2D eigenvalue weighted by atomic mass is 32.2. The molecule has 0 bridgehead atoms. The molecule has 218 valence electrons. The molecule has 0 saturated carbocycles. The fourth-order valence-electron chi connectivity index (χ4n) is 4.80. The second-order valence-corrected chi connectivity index (χ2v) is 10.7. The number of rotatable bonds is 9. The van der Waals surface area contributed by atoms with Crippen molar-refractivity contribution >= 4 is 47.5 Å². The second-order valence-electron chi connectivity index (χ2n) is 9.59. The highest BCUT2D eigenvalue weighted by Gasteiger charge is 2.55. The van der Waals surface area contributed by atoms with Crippen molar-refractivity contribution in [2.24, 2.45) is 5.73 Å². The summed E-state index contributed by atoms with van der Waals surface area (Å²) in [7, 11) is 0. The molecule has 3 atom stereocenters. The number of nitrogens with zero attached hydrogens (tertiary/aromatic N) is 3. The number of carbonyl (C=O) groups excluding carboxylic acids is 5. The van der Waals surface area contributed by atoms with Gasteiger partial charge in [0.15, 0.2) is 18.9 Å². The average molecular weight is 596 g/mol. The molecular formula is C26H27N8O7S+. The lowest BCUT2D eigenvalue weighted by Gasteiger charge is -2.49. The Kier molecular flexibility index (Phi) is 7.97. The van der Waals surface area contributed by atoms with Gasteiger partial charge in [-0.3, -0.25) is 19.3 Å². The third kappa shape index (κ3) is 5.69. The van der Waals surface area contributed by atoms with E-state index in [9.17, 15) is 33.9 Å². The summed E-state index contributed by atoms with van der Waals surface area (Å²) >= 11 is 1.30. The van der Waals surface area contributed by atoms with Gasteiger partial charge in [0.2, 0.25) is 11.8 Å². The van der Waals surface area contributed by atoms with Gasteiger partial charge in [-0.2, -0.15) is 0 Å². The molecule has 4 heterocycles. The van der Waals surface area contributed by atoms with Gasteiger partial charge in [0.1, 0.15) is 23.2 Å². The van der Waals surface area contributed by atoms with Crippen molar-refractivity contribution in [1.29, 1.82) is 0 Å². The largest absolute Gasteiger partial charge is 0.477 e. The van der Waals surface area contributed by atoms with Crippen LogP contribution in [-0.4, -0.2) is 81.0 Å². The first kappa shape index (κ1) is 28.4. The van der Waals surface area contributed by atoms with Gasteiger partial charge in [-0.25, -0.2) is 29.4 Å². The van der Waals surface area contributed by atoms with Crippen LogP contribution >= 0.6 is 11.8 Å². The summed E-state index contributed by atoms with van der Waals surface area (Å²) in [6.45, 7) is 0.763. The van der Waals surface area contributed by atoms with Crippen LogP contribution in [0.5, 0.6) is 0 Å². The number of amides is 7. The quantitative estimate of drug-likeness (QED) is 0.153. The molecule has 15 nitrogen and oxygen atoms in total. The van der Waals surface area contributed by atoms with Crippen LogP contribution in [0.25, 0.3) is 0 Å². The van der Waals surface area contributed by atoms with Gasteiger partial charge in [0.05, 0.1) is 12.1 Å². The first-order valence-electron chi connectivity index (χ1n) is 12.8. The molecule has 0 radical (unpaired) electrons. The van der Waals surface area contributed by atoms with Crippen molar-refractivity contribution < 1.29 is 38.4 Å². The number of aliphatic carboxylic acids is 1. The van der Waals surface area contributed by atoms with Crippen LogP contribution in [0.15, 0.2) is 66.1 Å². The number of pyridine rings is 1. The van der Waals surface area contributed by atoms with Gasteiger partial charge >= 0.3 is 18.0 Å². The van der Waals surface area contributed by atoms with E-state index in [0.717, 1.165) is 9.91 Å². The molecule has 42 heavy (non-hydrogen) atoms. The topological polar surface area (TPSA) is 207 Å². The molecule has 2 aromatic rings. The Labute approximate surface area is 243 Å². The highest BCUT2D eigenvalue weighted by Crippen LogP contribution is 2.40. The van der Waals surface area contributed by atoms with Crippen LogP contribution in [0, 0.1) is 0 Å². The van der Waals surface area contributed by atoms with Crippen LogP contribution in [0.3, 0.4) is 0 Å². The Morgan fingerprint density at radius 3 is 2.45 bits per heavy atom. The molecule has 2 fully saturated rings. The average Bonchev–Trinajstić information content (AvgIpc) is 3.38. The third-order valence-electron chi connectivity index (χ3n) is 6.86. The second kappa shape index (κ2) is 11.8. The lowest BCUT2D eigenvalue weighted by Crippen LogP contribution is -2.71. The van der Waals surface area contributed by atoms with E-state index in [0.29, 0.717) is 23.2 Å². The maximum Gasteiger partial charge on any atom is 0.352 e. The van der Waals surface area contributed by atoms with E-state index in [2.05, 4.69) is 21.4 Å². The number of hydrogen-bond donors (Lipinski definition) is 6. The smallest absolute Gasteiger partial charge is 0.352 e. The third-order valence-corrected chi connectivity index (χ3v) is 8.20. The summed E-state index contributed by atoms with van der Waals surface area (Å²) in [5, 5.41) is 18.1. The number of nitrogens with two attached hydrogens (primary N) is 1. The van der Waals surface area contributed by atoms with E-state index in [1.54, 1.807) is 47.3 Å². The monoisotopic (exact) mass is 595 g/mol. The normalized spacial score (nSPS) is 20.2. The Morgan fingerprint density at radius 2 is 1.83 bits per heavy atom. The number of thioether (sulfide) groups is 1. The first-order valence-corrected chi connectivity index (χ1v) is 13.9. The molecule has 3 aliphatic rings. The van der Waals surface area contributed by atoms with E-state index < -0.39 is 53.2 Å². The number of primary amides is 1. The zero-order chi connectivity index (χ0) is 30.0. The van der Waals surface area contributed by atoms with Crippen molar-refractivity contribution in [3.63, 3.8) is 0 Å². The standard InChI is InChI=1S/C26H26N8O7S/c27-20(35)15-6-9-32(10-7-15)12-16-13-42-23-18(22(37)34(23)19(16)24(38)39)29-21(36)17(14-4-2-1-3-5-14)30-25(40)31-33-11-8-28-26(33)41/h1-7,9-10,17-18,23H,8,11-13H2,(H6-,27,28,29,30,31,35,36,38,39,40,41)/p+1/t17?,18-,23?/m0/s1. The lowest BCUT2D eigenvalue weighted by molar-refractivity contribution is -0.689. The SMILES string of the molecule is NC(=O)c1cc[n+](CC2=C(C(=O)O)N3C(=O)[C@H](NC(=O)C(NC(=O)NN4CCNC4=O)c4ccccc4)C3SC2)cc1. The molecule has 5 rings (SSSR count). The van der Waals surface area contributed by atoms with E-state index in [1.165, 1.54) is 23.9 Å². The number of carbonyl (C=O) groups is 6. The fraction of sp³-hybridized carbons (Fsp3) is 0.269. The Morgan fingerprint density at radius 1 is 1.12 bits per heavy atom. The molecule has 0 aliphatic carbocycles. The van der Waals surface area contributed by atoms with Crippen molar-refractivity contribution in [3.05, 3.63) is 77.3 Å². The minimum atomic E-state index is -1.28. The summed E-state index contributed by atoms with van der Waals surface area (Å²) in [5.74, 6) is -2.89. The van der Waals surface area contributed by atoms with Crippen LogP contribution in [0.1, 0.15) is 22.0 Å². The number of hydrazine groups is 1. The molecule has 1 aromatic heterocycles. The highest BCUT2D eigenvalue weighted by molar-refractivity contribution is 8.00. The van der Waals surface area contributed by atoms with Crippen LogP contribution in [0.2, 0.25) is 0 Å². The number of carboxylic acids is 1. The zero-order valence-corrected chi connectivity index (χ0v) is 22.8. The van der Waals surface area contributed by atoms with Gasteiger partial charge < -0.3 is 26.8 Å². The number of nitrogens with one attached hydrogen (secondary N) is 4. The summed E-state index contributed by atoms with van der Waals surface area (Å²) in [5.41, 5.74) is 8.71. The maximum absolute atomic E-state index is 13.4. The van der Waals surface area contributed by atoms with E-state index in [1.807, 2.05) is 0 Å². The van der Waals surface area contributed by atoms with Crippen LogP contribution in [0.4, 0.5) is 9.59 Å². The maximum atomic E-state index is 13.4. The molecule has 2 saturated heterocycles. The van der Waals surface area contributed by atoms with Gasteiger partial charge in [-0.1, -0.05) is 30.3 Å². The lowest BCUT2D eigenvalue weighted by atomic mass is 10.0. The molecule has 16 heteroatoms. The summed E-state index contributed by atoms with van der Waals surface area (Å²) < 4.78 is 1.67. The van der Waals surface area contributed by atoms with E-state index >= 15 is 0 Å². The number of benzene rings is 1. The van der Waals surface area contributed by atoms with Gasteiger partial charge in [0.25, 0.3) is 5.91 Å². The van der Waals surface area contributed by atoms with Gasteiger partial charge in [0, 0.05) is 30.0 Å². The first-order chi connectivity index (χ1) is 20.1. The zero-order valence-electron chi connectivity index (χ0n) is 22.0. The minimum absolute atomic E-state index is 0.158. The number of fused-ring (bicyclic) bond motifs is 1. The van der Waals surface area contributed by atoms with Crippen molar-refractivity contribution in [2.45, 2.75) is 24.0 Å². The number of carboxylic acid groups (broad SMARTS) is 1.